The van der Waals surface area contributed by atoms with Crippen molar-refractivity contribution in [1.29, 1.82) is 0 Å². The normalized spacial score (nSPS) is 9.71. The first kappa shape index (κ1) is 10.7. The van der Waals surface area contributed by atoms with E-state index in [0.29, 0.717) is 0 Å². The second-order valence-corrected chi connectivity index (χ2v) is 3.28. The SMILES string of the molecule is CCC.Cc1nc2ncccn2c1C. The molecule has 0 aromatic carbocycles. The Hall–Kier alpha value is -1.38. The Labute approximate surface area is 84.8 Å². The Morgan fingerprint density at radius 1 is 1.29 bits per heavy atom. The average Bonchev–Trinajstić information content (AvgIpc) is 2.45. The van der Waals surface area contributed by atoms with E-state index in [0.717, 1.165) is 17.2 Å². The zero-order valence-corrected chi connectivity index (χ0v) is 9.28. The molecule has 0 aliphatic heterocycles. The summed E-state index contributed by atoms with van der Waals surface area (Å²) in [6.07, 6.45) is 4.97. The van der Waals surface area contributed by atoms with Crippen molar-refractivity contribution in [2.75, 3.05) is 0 Å². The van der Waals surface area contributed by atoms with Crippen molar-refractivity contribution >= 4 is 5.78 Å². The third-order valence-electron chi connectivity index (χ3n) is 1.88. The molecule has 0 aliphatic carbocycles. The van der Waals surface area contributed by atoms with Gasteiger partial charge in [-0.25, -0.2) is 9.97 Å². The zero-order valence-electron chi connectivity index (χ0n) is 9.28. The molecule has 0 bridgehead atoms. The number of hydrogen-bond donors (Lipinski definition) is 0. The summed E-state index contributed by atoms with van der Waals surface area (Å²) >= 11 is 0. The molecule has 0 N–H and O–H groups in total. The first-order chi connectivity index (χ1) is 6.70. The summed E-state index contributed by atoms with van der Waals surface area (Å²) < 4.78 is 1.98. The molecule has 2 heterocycles. The van der Waals surface area contributed by atoms with Gasteiger partial charge in [0, 0.05) is 18.1 Å². The van der Waals surface area contributed by atoms with E-state index >= 15 is 0 Å². The van der Waals surface area contributed by atoms with Crippen LogP contribution in [0.2, 0.25) is 0 Å². The molecule has 2 aromatic rings. The van der Waals surface area contributed by atoms with Gasteiger partial charge in [0.05, 0.1) is 5.69 Å². The first-order valence-electron chi connectivity index (χ1n) is 4.97. The Balaban J connectivity index is 0.000000293. The Kier molecular flexibility index (Phi) is 3.63. The molecule has 0 fully saturated rings. The van der Waals surface area contributed by atoms with Gasteiger partial charge in [-0.1, -0.05) is 20.3 Å². The molecule has 0 amide bonds. The van der Waals surface area contributed by atoms with Gasteiger partial charge in [-0.15, -0.1) is 0 Å². The standard InChI is InChI=1S/C8H9N3.C3H8/c1-6-7(2)11-5-3-4-9-8(11)10-6;1-3-2/h3-5H,1-2H3;3H2,1-2H3. The van der Waals surface area contributed by atoms with Gasteiger partial charge in [0.25, 0.3) is 0 Å². The van der Waals surface area contributed by atoms with Crippen LogP contribution < -0.4 is 0 Å². The van der Waals surface area contributed by atoms with Gasteiger partial charge < -0.3 is 0 Å². The lowest BCUT2D eigenvalue weighted by Gasteiger charge is -1.91. The molecule has 0 spiro atoms. The van der Waals surface area contributed by atoms with Crippen molar-refractivity contribution in [3.63, 3.8) is 0 Å². The predicted molar refractivity (Wildman–Crippen MR) is 58.4 cm³/mol. The van der Waals surface area contributed by atoms with E-state index in [-0.39, 0.29) is 0 Å². The quantitative estimate of drug-likeness (QED) is 0.641. The van der Waals surface area contributed by atoms with E-state index in [1.54, 1.807) is 6.20 Å². The second kappa shape index (κ2) is 4.74. The molecule has 0 radical (unpaired) electrons. The molecular weight excluding hydrogens is 174 g/mol. The van der Waals surface area contributed by atoms with Gasteiger partial charge in [0.15, 0.2) is 0 Å². The van der Waals surface area contributed by atoms with Gasteiger partial charge in [0.1, 0.15) is 0 Å². The van der Waals surface area contributed by atoms with Gasteiger partial charge >= 0.3 is 0 Å². The third kappa shape index (κ3) is 2.10. The molecule has 0 saturated carbocycles. The van der Waals surface area contributed by atoms with Crippen LogP contribution in [0, 0.1) is 13.8 Å². The molecule has 0 aliphatic rings. The number of hydrogen-bond acceptors (Lipinski definition) is 2. The van der Waals surface area contributed by atoms with Gasteiger partial charge in [0.2, 0.25) is 5.78 Å². The lowest BCUT2D eigenvalue weighted by molar-refractivity contribution is 1.06. The van der Waals surface area contributed by atoms with Gasteiger partial charge in [-0.3, -0.25) is 4.40 Å². The summed E-state index contributed by atoms with van der Waals surface area (Å²) in [5.74, 6) is 0.780. The van der Waals surface area contributed by atoms with Crippen LogP contribution >= 0.6 is 0 Å². The lowest BCUT2D eigenvalue weighted by Crippen LogP contribution is -1.87. The molecule has 3 heteroatoms. The summed E-state index contributed by atoms with van der Waals surface area (Å²) in [6.45, 7) is 8.28. The van der Waals surface area contributed by atoms with E-state index < -0.39 is 0 Å². The van der Waals surface area contributed by atoms with Crippen LogP contribution in [0.3, 0.4) is 0 Å². The minimum absolute atomic E-state index is 0.780. The van der Waals surface area contributed by atoms with Crippen LogP contribution in [0.4, 0.5) is 0 Å². The highest BCUT2D eigenvalue weighted by Gasteiger charge is 2.01. The summed E-state index contributed by atoms with van der Waals surface area (Å²) in [4.78, 5) is 8.38. The zero-order chi connectivity index (χ0) is 10.6. The summed E-state index contributed by atoms with van der Waals surface area (Å²) in [5.41, 5.74) is 2.21. The average molecular weight is 191 g/mol. The number of rotatable bonds is 0. The van der Waals surface area contributed by atoms with Crippen LogP contribution in [0.5, 0.6) is 0 Å². The van der Waals surface area contributed by atoms with E-state index in [4.69, 9.17) is 0 Å². The van der Waals surface area contributed by atoms with Crippen molar-refractivity contribution < 1.29 is 0 Å². The predicted octanol–water partition coefficient (Wildman–Crippen LogP) is 2.76. The van der Waals surface area contributed by atoms with E-state index in [2.05, 4.69) is 23.8 Å². The summed E-state index contributed by atoms with van der Waals surface area (Å²) in [6, 6.07) is 1.90. The third-order valence-corrected chi connectivity index (χ3v) is 1.88. The first-order valence-corrected chi connectivity index (χ1v) is 4.97. The number of fused-ring (bicyclic) bond motifs is 1. The maximum absolute atomic E-state index is 4.26. The monoisotopic (exact) mass is 191 g/mol. The number of nitrogens with zero attached hydrogens (tertiary/aromatic N) is 3. The highest BCUT2D eigenvalue weighted by Crippen LogP contribution is 2.06. The Bertz CT molecular complexity index is 404. The molecule has 3 nitrogen and oxygen atoms in total. The molecule has 14 heavy (non-hydrogen) atoms. The van der Waals surface area contributed by atoms with Crippen LogP contribution in [0.25, 0.3) is 5.78 Å². The summed E-state index contributed by atoms with van der Waals surface area (Å²) in [7, 11) is 0. The number of imidazole rings is 1. The maximum atomic E-state index is 4.26. The molecule has 76 valence electrons. The Morgan fingerprint density at radius 2 is 1.93 bits per heavy atom. The van der Waals surface area contributed by atoms with Crippen molar-refractivity contribution in [3.8, 4) is 0 Å². The van der Waals surface area contributed by atoms with E-state index in [1.807, 2.05) is 30.5 Å². The van der Waals surface area contributed by atoms with Crippen LogP contribution in [0.1, 0.15) is 31.7 Å². The van der Waals surface area contributed by atoms with Crippen LogP contribution in [-0.4, -0.2) is 14.4 Å². The van der Waals surface area contributed by atoms with Crippen molar-refractivity contribution in [2.45, 2.75) is 34.1 Å². The topological polar surface area (TPSA) is 30.2 Å². The van der Waals surface area contributed by atoms with Crippen molar-refractivity contribution in [3.05, 3.63) is 29.8 Å². The summed E-state index contributed by atoms with van der Waals surface area (Å²) in [5, 5.41) is 0. The largest absolute Gasteiger partial charge is 0.288 e. The maximum Gasteiger partial charge on any atom is 0.234 e. The van der Waals surface area contributed by atoms with E-state index in [9.17, 15) is 0 Å². The lowest BCUT2D eigenvalue weighted by atomic mass is 10.4. The number of aryl methyl sites for hydroxylation is 2. The minimum atomic E-state index is 0.780. The van der Waals surface area contributed by atoms with Gasteiger partial charge in [-0.2, -0.15) is 0 Å². The van der Waals surface area contributed by atoms with Crippen molar-refractivity contribution in [2.24, 2.45) is 0 Å². The van der Waals surface area contributed by atoms with Crippen molar-refractivity contribution in [1.82, 2.24) is 14.4 Å². The van der Waals surface area contributed by atoms with Gasteiger partial charge in [-0.05, 0) is 19.9 Å². The Morgan fingerprint density at radius 3 is 2.50 bits per heavy atom. The minimum Gasteiger partial charge on any atom is -0.288 e. The fourth-order valence-electron chi connectivity index (χ4n) is 1.11. The molecule has 0 unspecified atom stereocenters. The molecule has 2 aromatic heterocycles. The highest BCUT2D eigenvalue weighted by molar-refractivity contribution is 5.33. The number of aromatic nitrogens is 3. The van der Waals surface area contributed by atoms with E-state index in [1.165, 1.54) is 6.42 Å². The molecule has 0 saturated heterocycles. The molecule has 0 atom stereocenters. The van der Waals surface area contributed by atoms with Crippen LogP contribution in [0.15, 0.2) is 18.5 Å². The second-order valence-electron chi connectivity index (χ2n) is 3.28. The fourth-order valence-corrected chi connectivity index (χ4v) is 1.11. The highest BCUT2D eigenvalue weighted by atomic mass is 15.1. The fraction of sp³-hybridized carbons (Fsp3) is 0.455. The molecular formula is C11H17N3. The molecule has 2 rings (SSSR count). The smallest absolute Gasteiger partial charge is 0.234 e. The van der Waals surface area contributed by atoms with Crippen LogP contribution in [-0.2, 0) is 0 Å².